The van der Waals surface area contributed by atoms with Crippen molar-refractivity contribution in [1.29, 1.82) is 0 Å². The number of nitrogens with zero attached hydrogens (tertiary/aromatic N) is 1. The lowest BCUT2D eigenvalue weighted by molar-refractivity contribution is -0.119. The molecule has 0 bridgehead atoms. The van der Waals surface area contributed by atoms with Crippen LogP contribution in [0.1, 0.15) is 34.6 Å². The second-order valence-electron chi connectivity index (χ2n) is 5.95. The predicted octanol–water partition coefficient (Wildman–Crippen LogP) is 2.27. The van der Waals surface area contributed by atoms with Crippen LogP contribution < -0.4 is 10.6 Å². The normalized spacial score (nSPS) is 14.0. The third-order valence-electron chi connectivity index (χ3n) is 4.04. The van der Waals surface area contributed by atoms with Gasteiger partial charge in [-0.15, -0.1) is 0 Å². The molecule has 3 rings (SSSR count). The number of carbonyl (C=O) groups excluding carboxylic acids is 4. The van der Waals surface area contributed by atoms with Gasteiger partial charge in [-0.3, -0.25) is 24.1 Å². The first-order chi connectivity index (χ1) is 12.4. The van der Waals surface area contributed by atoms with Crippen LogP contribution in [-0.2, 0) is 9.59 Å². The van der Waals surface area contributed by atoms with E-state index >= 15 is 0 Å². The Balaban J connectivity index is 1.76. The number of carbonyl (C=O) groups is 4. The van der Waals surface area contributed by atoms with Crippen molar-refractivity contribution in [3.05, 3.63) is 59.7 Å². The molecule has 2 aromatic carbocycles. The molecule has 0 aliphatic carbocycles. The van der Waals surface area contributed by atoms with E-state index in [-0.39, 0.29) is 5.91 Å². The number of imide groups is 1. The number of amides is 4. The second kappa shape index (κ2) is 6.79. The average molecular weight is 351 g/mol. The Morgan fingerprint density at radius 1 is 0.885 bits per heavy atom. The van der Waals surface area contributed by atoms with Gasteiger partial charge in [-0.25, -0.2) is 0 Å². The number of anilines is 2. The molecule has 1 heterocycles. The summed E-state index contributed by atoms with van der Waals surface area (Å²) in [5.41, 5.74) is 1.57. The fourth-order valence-electron chi connectivity index (χ4n) is 2.80. The van der Waals surface area contributed by atoms with Gasteiger partial charge in [0.15, 0.2) is 0 Å². The van der Waals surface area contributed by atoms with Crippen molar-refractivity contribution >= 4 is 35.0 Å². The Hall–Kier alpha value is -3.48. The zero-order valence-corrected chi connectivity index (χ0v) is 14.3. The Labute approximate surface area is 150 Å². The number of nitrogens with one attached hydrogen (secondary N) is 2. The van der Waals surface area contributed by atoms with Gasteiger partial charge in [-0.05, 0) is 37.3 Å². The lowest BCUT2D eigenvalue weighted by atomic mass is 10.1. The maximum atomic E-state index is 12.5. The number of rotatable bonds is 4. The summed E-state index contributed by atoms with van der Waals surface area (Å²) in [6, 6.07) is 12.1. The van der Waals surface area contributed by atoms with Crippen LogP contribution in [0.25, 0.3) is 0 Å². The van der Waals surface area contributed by atoms with E-state index in [4.69, 9.17) is 0 Å². The third-order valence-corrected chi connectivity index (χ3v) is 4.04. The summed E-state index contributed by atoms with van der Waals surface area (Å²) in [5, 5.41) is 5.28. The molecule has 0 fully saturated rings. The molecule has 1 unspecified atom stereocenters. The lowest BCUT2D eigenvalue weighted by Gasteiger charge is -2.21. The Bertz CT molecular complexity index is 888. The molecular formula is C19H17N3O4. The fraction of sp³-hybridized carbons (Fsp3) is 0.158. The molecule has 0 aromatic heterocycles. The molecular weight excluding hydrogens is 334 g/mol. The highest BCUT2D eigenvalue weighted by Crippen LogP contribution is 2.25. The largest absolute Gasteiger partial charge is 0.326 e. The molecule has 4 amide bonds. The highest BCUT2D eigenvalue weighted by Gasteiger charge is 2.40. The summed E-state index contributed by atoms with van der Waals surface area (Å²) in [6.07, 6.45) is 0. The minimum atomic E-state index is -0.980. The zero-order valence-electron chi connectivity index (χ0n) is 14.3. The fourth-order valence-corrected chi connectivity index (χ4v) is 2.80. The molecule has 0 saturated carbocycles. The summed E-state index contributed by atoms with van der Waals surface area (Å²) in [6.45, 7) is 2.88. The van der Waals surface area contributed by atoms with Gasteiger partial charge in [0.05, 0.1) is 11.1 Å². The minimum absolute atomic E-state index is 0.229. The zero-order chi connectivity index (χ0) is 18.8. The van der Waals surface area contributed by atoms with E-state index in [0.717, 1.165) is 4.90 Å². The quantitative estimate of drug-likeness (QED) is 0.826. The van der Waals surface area contributed by atoms with E-state index in [1.807, 2.05) is 0 Å². The standard InChI is InChI=1S/C19H17N3O4/c1-11(22-18(25)15-8-3-4-9-16(15)19(22)26)17(24)21-14-7-5-6-13(10-14)20-12(2)23/h3-11H,1-2H3,(H,20,23)(H,21,24). The van der Waals surface area contributed by atoms with Crippen LogP contribution >= 0.6 is 0 Å². The van der Waals surface area contributed by atoms with Gasteiger partial charge in [0.1, 0.15) is 6.04 Å². The molecule has 7 heteroatoms. The number of hydrogen-bond acceptors (Lipinski definition) is 4. The summed E-state index contributed by atoms with van der Waals surface area (Å²) in [7, 11) is 0. The molecule has 1 atom stereocenters. The van der Waals surface area contributed by atoms with Crippen molar-refractivity contribution in [2.75, 3.05) is 10.6 Å². The summed E-state index contributed by atoms with van der Waals surface area (Å²) in [5.74, 6) is -1.70. The molecule has 1 aliphatic heterocycles. The van der Waals surface area contributed by atoms with E-state index in [0.29, 0.717) is 22.5 Å². The molecule has 2 aromatic rings. The minimum Gasteiger partial charge on any atom is -0.326 e. The van der Waals surface area contributed by atoms with E-state index < -0.39 is 23.8 Å². The topological polar surface area (TPSA) is 95.6 Å². The van der Waals surface area contributed by atoms with Gasteiger partial charge in [-0.2, -0.15) is 0 Å². The molecule has 2 N–H and O–H groups in total. The summed E-state index contributed by atoms with van der Waals surface area (Å²) >= 11 is 0. The summed E-state index contributed by atoms with van der Waals surface area (Å²) in [4.78, 5) is 49.5. The molecule has 1 aliphatic rings. The van der Waals surface area contributed by atoms with Gasteiger partial charge in [-0.1, -0.05) is 18.2 Å². The van der Waals surface area contributed by atoms with Gasteiger partial charge in [0.2, 0.25) is 11.8 Å². The van der Waals surface area contributed by atoms with Gasteiger partial charge in [0.25, 0.3) is 11.8 Å². The number of fused-ring (bicyclic) bond motifs is 1. The van der Waals surface area contributed by atoms with Crippen LogP contribution in [0.4, 0.5) is 11.4 Å². The van der Waals surface area contributed by atoms with Crippen LogP contribution in [0.3, 0.4) is 0 Å². The molecule has 0 spiro atoms. The summed E-state index contributed by atoms with van der Waals surface area (Å²) < 4.78 is 0. The maximum Gasteiger partial charge on any atom is 0.262 e. The lowest BCUT2D eigenvalue weighted by Crippen LogP contribution is -2.45. The van der Waals surface area contributed by atoms with Crippen molar-refractivity contribution in [3.8, 4) is 0 Å². The average Bonchev–Trinajstić information content (AvgIpc) is 2.85. The smallest absolute Gasteiger partial charge is 0.262 e. The predicted molar refractivity (Wildman–Crippen MR) is 95.8 cm³/mol. The van der Waals surface area contributed by atoms with Gasteiger partial charge in [0, 0.05) is 18.3 Å². The van der Waals surface area contributed by atoms with E-state index in [9.17, 15) is 19.2 Å². The molecule has 7 nitrogen and oxygen atoms in total. The molecule has 0 radical (unpaired) electrons. The van der Waals surface area contributed by atoms with Crippen LogP contribution in [-0.4, -0.2) is 34.6 Å². The van der Waals surface area contributed by atoms with Crippen LogP contribution in [0.5, 0.6) is 0 Å². The monoisotopic (exact) mass is 351 g/mol. The van der Waals surface area contributed by atoms with Crippen molar-refractivity contribution < 1.29 is 19.2 Å². The SMILES string of the molecule is CC(=O)Nc1cccc(NC(=O)C(C)N2C(=O)c3ccccc3C2=O)c1. The number of hydrogen-bond donors (Lipinski definition) is 2. The second-order valence-corrected chi connectivity index (χ2v) is 5.95. The van der Waals surface area contributed by atoms with E-state index in [1.165, 1.54) is 13.8 Å². The highest BCUT2D eigenvalue weighted by atomic mass is 16.2. The Kier molecular flexibility index (Phi) is 4.53. The molecule has 26 heavy (non-hydrogen) atoms. The third kappa shape index (κ3) is 3.19. The van der Waals surface area contributed by atoms with Crippen molar-refractivity contribution in [2.45, 2.75) is 19.9 Å². The van der Waals surface area contributed by atoms with Crippen LogP contribution in [0.15, 0.2) is 48.5 Å². The first kappa shape index (κ1) is 17.3. The number of benzene rings is 2. The first-order valence-electron chi connectivity index (χ1n) is 8.04. The van der Waals surface area contributed by atoms with Crippen LogP contribution in [0.2, 0.25) is 0 Å². The van der Waals surface area contributed by atoms with Crippen LogP contribution in [0, 0.1) is 0 Å². The van der Waals surface area contributed by atoms with Crippen molar-refractivity contribution in [2.24, 2.45) is 0 Å². The molecule has 132 valence electrons. The van der Waals surface area contributed by atoms with Crippen molar-refractivity contribution in [3.63, 3.8) is 0 Å². The maximum absolute atomic E-state index is 12.5. The van der Waals surface area contributed by atoms with Crippen molar-refractivity contribution in [1.82, 2.24) is 4.90 Å². The highest BCUT2D eigenvalue weighted by molar-refractivity contribution is 6.23. The Morgan fingerprint density at radius 2 is 1.42 bits per heavy atom. The Morgan fingerprint density at radius 3 is 1.96 bits per heavy atom. The van der Waals surface area contributed by atoms with E-state index in [2.05, 4.69) is 10.6 Å². The molecule has 0 saturated heterocycles. The van der Waals surface area contributed by atoms with Gasteiger partial charge < -0.3 is 10.6 Å². The van der Waals surface area contributed by atoms with Gasteiger partial charge >= 0.3 is 0 Å². The van der Waals surface area contributed by atoms with E-state index in [1.54, 1.807) is 48.5 Å². The first-order valence-corrected chi connectivity index (χ1v) is 8.04.